The van der Waals surface area contributed by atoms with Crippen molar-refractivity contribution in [2.75, 3.05) is 30.3 Å². The molecule has 202 valence electrons. The Balaban J connectivity index is 1.55. The van der Waals surface area contributed by atoms with E-state index in [-0.39, 0.29) is 18.5 Å². The number of nitrogens with zero attached hydrogens (tertiary/aromatic N) is 3. The number of carbonyl (C=O) groups excluding carboxylic acids is 2. The zero-order chi connectivity index (χ0) is 27.6. The Morgan fingerprint density at radius 3 is 2.38 bits per heavy atom. The van der Waals surface area contributed by atoms with E-state index in [9.17, 15) is 9.59 Å². The number of anilines is 2. The molecule has 8 nitrogen and oxygen atoms in total. The Hall–Kier alpha value is -4.30. The Kier molecular flexibility index (Phi) is 9.58. The van der Waals surface area contributed by atoms with Crippen LogP contribution in [0.2, 0.25) is 5.02 Å². The van der Waals surface area contributed by atoms with E-state index in [0.717, 1.165) is 24.1 Å². The minimum Gasteiger partial charge on any atom is -0.492 e. The zero-order valence-electron chi connectivity index (χ0n) is 22.1. The summed E-state index contributed by atoms with van der Waals surface area (Å²) in [6.07, 6.45) is 1.64. The van der Waals surface area contributed by atoms with Crippen LogP contribution in [0, 0.1) is 0 Å². The van der Waals surface area contributed by atoms with Crippen molar-refractivity contribution < 1.29 is 14.3 Å². The van der Waals surface area contributed by atoms with Crippen molar-refractivity contribution in [2.45, 2.75) is 26.7 Å². The van der Waals surface area contributed by atoms with Gasteiger partial charge in [-0.25, -0.2) is 9.48 Å². The van der Waals surface area contributed by atoms with Gasteiger partial charge in [-0.05, 0) is 49.7 Å². The van der Waals surface area contributed by atoms with Crippen LogP contribution in [0.1, 0.15) is 26.7 Å². The lowest BCUT2D eigenvalue weighted by Gasteiger charge is -2.23. The predicted molar refractivity (Wildman–Crippen MR) is 156 cm³/mol. The molecule has 3 amide bonds. The van der Waals surface area contributed by atoms with Crippen LogP contribution in [-0.4, -0.2) is 46.3 Å². The maximum atomic E-state index is 13.3. The SMILES string of the molecule is CCCCN(CC(=O)Nc1cc(-c2ccccc2)nn1-c1ccc(Cl)cc1)C(=O)Nc1ccccc1OCC. The van der Waals surface area contributed by atoms with Gasteiger partial charge in [0.2, 0.25) is 5.91 Å². The number of hydrogen-bond acceptors (Lipinski definition) is 4. The largest absolute Gasteiger partial charge is 0.492 e. The van der Waals surface area contributed by atoms with Crippen molar-refractivity contribution in [1.29, 1.82) is 0 Å². The number of unbranched alkanes of at least 4 members (excludes halogenated alkanes) is 1. The number of carbonyl (C=O) groups is 2. The van der Waals surface area contributed by atoms with E-state index in [4.69, 9.17) is 21.4 Å². The summed E-state index contributed by atoms with van der Waals surface area (Å²) in [5.74, 6) is 0.723. The molecule has 0 saturated carbocycles. The molecule has 0 aliphatic rings. The van der Waals surface area contributed by atoms with Gasteiger partial charge in [0.15, 0.2) is 0 Å². The van der Waals surface area contributed by atoms with Gasteiger partial charge in [0.05, 0.1) is 23.7 Å². The highest BCUT2D eigenvalue weighted by atomic mass is 35.5. The Morgan fingerprint density at radius 1 is 0.949 bits per heavy atom. The minimum absolute atomic E-state index is 0.130. The lowest BCUT2D eigenvalue weighted by Crippen LogP contribution is -2.41. The molecule has 2 N–H and O–H groups in total. The molecule has 4 rings (SSSR count). The summed E-state index contributed by atoms with van der Waals surface area (Å²) in [5.41, 5.74) is 2.91. The quantitative estimate of drug-likeness (QED) is 0.215. The molecule has 39 heavy (non-hydrogen) atoms. The molecule has 0 spiro atoms. The Bertz CT molecular complexity index is 1390. The number of nitrogens with one attached hydrogen (secondary N) is 2. The number of urea groups is 1. The van der Waals surface area contributed by atoms with Crippen molar-refractivity contribution in [3.63, 3.8) is 0 Å². The molecule has 0 fully saturated rings. The van der Waals surface area contributed by atoms with Crippen molar-refractivity contribution in [2.24, 2.45) is 0 Å². The number of benzene rings is 3. The first kappa shape index (κ1) is 27.7. The molecular weight excluding hydrogens is 514 g/mol. The van der Waals surface area contributed by atoms with Crippen LogP contribution in [0.3, 0.4) is 0 Å². The Morgan fingerprint density at radius 2 is 1.67 bits per heavy atom. The van der Waals surface area contributed by atoms with Gasteiger partial charge in [-0.3, -0.25) is 4.79 Å². The van der Waals surface area contributed by atoms with E-state index < -0.39 is 0 Å². The molecule has 3 aromatic carbocycles. The van der Waals surface area contributed by atoms with Gasteiger partial charge in [0.25, 0.3) is 0 Å². The third-order valence-electron chi connectivity index (χ3n) is 5.95. The van der Waals surface area contributed by atoms with Crippen molar-refractivity contribution in [1.82, 2.24) is 14.7 Å². The molecule has 0 radical (unpaired) electrons. The van der Waals surface area contributed by atoms with Gasteiger partial charge in [-0.15, -0.1) is 0 Å². The minimum atomic E-state index is -0.373. The third kappa shape index (κ3) is 7.39. The summed E-state index contributed by atoms with van der Waals surface area (Å²) in [7, 11) is 0. The molecule has 1 aromatic heterocycles. The van der Waals surface area contributed by atoms with E-state index in [1.165, 1.54) is 4.90 Å². The molecule has 0 aliphatic heterocycles. The van der Waals surface area contributed by atoms with Crippen LogP contribution in [-0.2, 0) is 4.79 Å². The second-order valence-corrected chi connectivity index (χ2v) is 9.29. The molecular formula is C30H32ClN5O3. The maximum absolute atomic E-state index is 13.3. The first-order valence-electron chi connectivity index (χ1n) is 13.0. The van der Waals surface area contributed by atoms with E-state index in [0.29, 0.717) is 41.1 Å². The summed E-state index contributed by atoms with van der Waals surface area (Å²) >= 11 is 6.09. The smallest absolute Gasteiger partial charge is 0.322 e. The summed E-state index contributed by atoms with van der Waals surface area (Å²) in [6.45, 7) is 4.69. The summed E-state index contributed by atoms with van der Waals surface area (Å²) < 4.78 is 7.29. The summed E-state index contributed by atoms with van der Waals surface area (Å²) in [4.78, 5) is 28.0. The zero-order valence-corrected chi connectivity index (χ0v) is 22.8. The molecule has 0 saturated heterocycles. The molecule has 0 aliphatic carbocycles. The second kappa shape index (κ2) is 13.5. The van der Waals surface area contributed by atoms with E-state index >= 15 is 0 Å². The highest BCUT2D eigenvalue weighted by molar-refractivity contribution is 6.30. The predicted octanol–water partition coefficient (Wildman–Crippen LogP) is 6.86. The van der Waals surface area contributed by atoms with Crippen LogP contribution in [0.4, 0.5) is 16.3 Å². The summed E-state index contributed by atoms with van der Waals surface area (Å²) in [5, 5.41) is 11.2. The number of amides is 3. The number of para-hydroxylation sites is 2. The topological polar surface area (TPSA) is 88.5 Å². The molecule has 0 bridgehead atoms. The highest BCUT2D eigenvalue weighted by Crippen LogP contribution is 2.26. The second-order valence-electron chi connectivity index (χ2n) is 8.85. The van der Waals surface area contributed by atoms with Gasteiger partial charge in [0, 0.05) is 23.2 Å². The fourth-order valence-corrected chi connectivity index (χ4v) is 4.13. The number of halogens is 1. The first-order valence-corrected chi connectivity index (χ1v) is 13.3. The van der Waals surface area contributed by atoms with E-state index in [1.807, 2.05) is 74.5 Å². The van der Waals surface area contributed by atoms with Crippen molar-refractivity contribution >= 4 is 35.0 Å². The first-order chi connectivity index (χ1) is 19.0. The van der Waals surface area contributed by atoms with E-state index in [1.54, 1.807) is 28.9 Å². The van der Waals surface area contributed by atoms with Gasteiger partial charge in [0.1, 0.15) is 18.1 Å². The number of ether oxygens (including phenoxy) is 1. The lowest BCUT2D eigenvalue weighted by atomic mass is 10.1. The van der Waals surface area contributed by atoms with Crippen LogP contribution in [0.5, 0.6) is 5.75 Å². The van der Waals surface area contributed by atoms with Crippen LogP contribution in [0.25, 0.3) is 16.9 Å². The fraction of sp³-hybridized carbons (Fsp3) is 0.233. The molecule has 1 heterocycles. The van der Waals surface area contributed by atoms with Gasteiger partial charge in [-0.1, -0.05) is 67.4 Å². The number of aromatic nitrogens is 2. The van der Waals surface area contributed by atoms with Gasteiger partial charge >= 0.3 is 6.03 Å². The standard InChI is InChI=1S/C30H32ClN5O3/c1-3-5-19-35(30(38)32-25-13-9-10-14-27(25)39-4-2)21-29(37)33-28-20-26(22-11-7-6-8-12-22)34-36(28)24-17-15-23(31)16-18-24/h6-18,20H,3-5,19,21H2,1-2H3,(H,32,38)(H,33,37). The Labute approximate surface area is 233 Å². The number of rotatable bonds is 11. The van der Waals surface area contributed by atoms with Crippen LogP contribution >= 0.6 is 11.6 Å². The molecule has 9 heteroatoms. The average Bonchev–Trinajstić information content (AvgIpc) is 3.36. The highest BCUT2D eigenvalue weighted by Gasteiger charge is 2.20. The molecule has 0 unspecified atom stereocenters. The van der Waals surface area contributed by atoms with Crippen molar-refractivity contribution in [3.8, 4) is 22.7 Å². The van der Waals surface area contributed by atoms with Gasteiger partial charge < -0.3 is 20.3 Å². The normalized spacial score (nSPS) is 10.6. The van der Waals surface area contributed by atoms with Crippen LogP contribution in [0.15, 0.2) is 84.9 Å². The molecule has 4 aromatic rings. The van der Waals surface area contributed by atoms with Crippen LogP contribution < -0.4 is 15.4 Å². The molecule has 0 atom stereocenters. The number of hydrogen-bond donors (Lipinski definition) is 2. The maximum Gasteiger partial charge on any atom is 0.322 e. The fourth-order valence-electron chi connectivity index (χ4n) is 4.00. The lowest BCUT2D eigenvalue weighted by molar-refractivity contribution is -0.116. The third-order valence-corrected chi connectivity index (χ3v) is 6.20. The summed E-state index contributed by atoms with van der Waals surface area (Å²) in [6, 6.07) is 25.6. The average molecular weight is 546 g/mol. The monoisotopic (exact) mass is 545 g/mol. The van der Waals surface area contributed by atoms with Gasteiger partial charge in [-0.2, -0.15) is 5.10 Å². The van der Waals surface area contributed by atoms with E-state index in [2.05, 4.69) is 10.6 Å². The van der Waals surface area contributed by atoms with Crippen molar-refractivity contribution in [3.05, 3.63) is 90.0 Å².